The van der Waals surface area contributed by atoms with Gasteiger partial charge in [0.2, 0.25) is 11.9 Å². The van der Waals surface area contributed by atoms with Crippen LogP contribution >= 0.6 is 0 Å². The lowest BCUT2D eigenvalue weighted by atomic mass is 10.0. The Labute approximate surface area is 122 Å². The van der Waals surface area contributed by atoms with Gasteiger partial charge in [-0.2, -0.15) is 0 Å². The maximum absolute atomic E-state index is 11.8. The van der Waals surface area contributed by atoms with Crippen LogP contribution in [-0.4, -0.2) is 23.4 Å². The zero-order chi connectivity index (χ0) is 14.8. The molecule has 1 aliphatic carbocycles. The lowest BCUT2D eigenvalue weighted by Crippen LogP contribution is -2.29. The van der Waals surface area contributed by atoms with Crippen molar-refractivity contribution in [3.05, 3.63) is 58.1 Å². The van der Waals surface area contributed by atoms with Crippen molar-refractivity contribution in [2.45, 2.75) is 18.9 Å². The minimum atomic E-state index is -0.678. The summed E-state index contributed by atoms with van der Waals surface area (Å²) in [5, 5.41) is 15.7. The number of amides is 1. The second-order valence-corrected chi connectivity index (χ2v) is 5.37. The predicted molar refractivity (Wildman–Crippen MR) is 79.6 cm³/mol. The summed E-state index contributed by atoms with van der Waals surface area (Å²) in [7, 11) is 0. The van der Waals surface area contributed by atoms with Crippen molar-refractivity contribution in [3.63, 3.8) is 0 Å². The van der Waals surface area contributed by atoms with Gasteiger partial charge >= 0.3 is 0 Å². The lowest BCUT2D eigenvalue weighted by molar-refractivity contribution is -0.497. The molecule has 0 radical (unpaired) electrons. The van der Waals surface area contributed by atoms with Crippen LogP contribution in [0.25, 0.3) is 10.8 Å². The summed E-state index contributed by atoms with van der Waals surface area (Å²) < 4.78 is 0. The number of nitrogens with one attached hydrogen (secondary N) is 1. The van der Waals surface area contributed by atoms with Gasteiger partial charge in [-0.05, 0) is 22.8 Å². The minimum Gasteiger partial charge on any atom is -0.355 e. The molecule has 108 valence electrons. The molecule has 0 aliphatic heterocycles. The molecule has 0 spiro atoms. The molecule has 2 aromatic rings. The van der Waals surface area contributed by atoms with Crippen molar-refractivity contribution in [2.24, 2.45) is 5.92 Å². The third-order valence-electron chi connectivity index (χ3n) is 3.94. The predicted octanol–water partition coefficient (Wildman–Crippen LogP) is 2.16. The largest absolute Gasteiger partial charge is 0.355 e. The Morgan fingerprint density at radius 1 is 1.24 bits per heavy atom. The molecule has 5 nitrogen and oxygen atoms in total. The van der Waals surface area contributed by atoms with E-state index in [4.69, 9.17) is 0 Å². The highest BCUT2D eigenvalue weighted by atomic mass is 16.6. The molecule has 1 N–H and O–H groups in total. The number of nitro groups is 1. The highest BCUT2D eigenvalue weighted by Gasteiger charge is 2.53. The summed E-state index contributed by atoms with van der Waals surface area (Å²) in [6.07, 6.45) is 1.09. The molecule has 1 amide bonds. The zero-order valence-corrected chi connectivity index (χ0v) is 11.5. The molecule has 3 rings (SSSR count). The molecule has 0 heterocycles. The van der Waals surface area contributed by atoms with E-state index in [1.165, 1.54) is 16.3 Å². The first kappa shape index (κ1) is 13.5. The molecule has 1 aliphatic rings. The molecule has 2 aromatic carbocycles. The second kappa shape index (κ2) is 5.52. The van der Waals surface area contributed by atoms with Crippen molar-refractivity contribution in [2.75, 3.05) is 6.54 Å². The summed E-state index contributed by atoms with van der Waals surface area (Å²) >= 11 is 0. The number of rotatable bonds is 5. The Morgan fingerprint density at radius 3 is 2.76 bits per heavy atom. The average molecular weight is 284 g/mol. The van der Waals surface area contributed by atoms with Crippen LogP contribution in [-0.2, 0) is 11.2 Å². The SMILES string of the molecule is O=C(NCCc1cccc2ccccc12)[C@@H]1C[C@H]1[N+](=O)[O-]. The van der Waals surface area contributed by atoms with Gasteiger partial charge in [-0.3, -0.25) is 14.9 Å². The highest BCUT2D eigenvalue weighted by molar-refractivity contribution is 5.86. The maximum Gasteiger partial charge on any atom is 0.230 e. The fraction of sp³-hybridized carbons (Fsp3) is 0.312. The summed E-state index contributed by atoms with van der Waals surface area (Å²) in [4.78, 5) is 21.9. The molecule has 1 fully saturated rings. The summed E-state index contributed by atoms with van der Waals surface area (Å²) in [5.74, 6) is -0.635. The van der Waals surface area contributed by atoms with Crippen molar-refractivity contribution < 1.29 is 9.72 Å². The Morgan fingerprint density at radius 2 is 2.00 bits per heavy atom. The Bertz CT molecular complexity index is 693. The number of hydrogen-bond donors (Lipinski definition) is 1. The van der Waals surface area contributed by atoms with Crippen molar-refractivity contribution >= 4 is 16.7 Å². The molecule has 1 saturated carbocycles. The number of carbonyl (C=O) groups excluding carboxylic acids is 1. The van der Waals surface area contributed by atoms with E-state index in [2.05, 4.69) is 23.5 Å². The molecule has 5 heteroatoms. The first-order valence-electron chi connectivity index (χ1n) is 7.04. The van der Waals surface area contributed by atoms with E-state index in [1.54, 1.807) is 0 Å². The van der Waals surface area contributed by atoms with Gasteiger partial charge in [0.25, 0.3) is 0 Å². The van der Waals surface area contributed by atoms with Crippen LogP contribution < -0.4 is 5.32 Å². The second-order valence-electron chi connectivity index (χ2n) is 5.37. The summed E-state index contributed by atoms with van der Waals surface area (Å²) in [6.45, 7) is 0.508. The van der Waals surface area contributed by atoms with E-state index < -0.39 is 12.0 Å². The topological polar surface area (TPSA) is 72.2 Å². The number of carbonyl (C=O) groups is 1. The van der Waals surface area contributed by atoms with E-state index in [-0.39, 0.29) is 10.8 Å². The van der Waals surface area contributed by atoms with Crippen LogP contribution in [0.2, 0.25) is 0 Å². The van der Waals surface area contributed by atoms with Crippen molar-refractivity contribution in [1.29, 1.82) is 0 Å². The summed E-state index contributed by atoms with van der Waals surface area (Å²) in [6, 6.07) is 13.6. The molecule has 2 atom stereocenters. The molecule has 0 aromatic heterocycles. The van der Waals surface area contributed by atoms with E-state index in [0.717, 1.165) is 6.42 Å². The maximum atomic E-state index is 11.8. The fourth-order valence-corrected chi connectivity index (χ4v) is 2.66. The first-order chi connectivity index (χ1) is 10.2. The number of benzene rings is 2. The zero-order valence-electron chi connectivity index (χ0n) is 11.5. The lowest BCUT2D eigenvalue weighted by Gasteiger charge is -2.07. The monoisotopic (exact) mass is 284 g/mol. The Hall–Kier alpha value is -2.43. The van der Waals surface area contributed by atoms with Crippen molar-refractivity contribution in [1.82, 2.24) is 5.32 Å². The summed E-state index contributed by atoms with van der Waals surface area (Å²) in [5.41, 5.74) is 1.18. The molecule has 0 unspecified atom stereocenters. The molecular formula is C16H16N2O3. The van der Waals surface area contributed by atoms with Gasteiger partial charge in [0.1, 0.15) is 5.92 Å². The van der Waals surface area contributed by atoms with Gasteiger partial charge in [0.05, 0.1) is 0 Å². The number of hydrogen-bond acceptors (Lipinski definition) is 3. The fourth-order valence-electron chi connectivity index (χ4n) is 2.66. The van der Waals surface area contributed by atoms with Gasteiger partial charge in [-0.1, -0.05) is 42.5 Å². The molecule has 21 heavy (non-hydrogen) atoms. The van der Waals surface area contributed by atoms with Gasteiger partial charge in [-0.15, -0.1) is 0 Å². The molecular weight excluding hydrogens is 268 g/mol. The minimum absolute atomic E-state index is 0.197. The average Bonchev–Trinajstić information content (AvgIpc) is 3.28. The third-order valence-corrected chi connectivity index (χ3v) is 3.94. The Kier molecular flexibility index (Phi) is 3.56. The number of fused-ring (bicyclic) bond motifs is 1. The van der Waals surface area contributed by atoms with E-state index in [0.29, 0.717) is 13.0 Å². The first-order valence-corrected chi connectivity index (χ1v) is 7.04. The Balaban J connectivity index is 1.58. The number of nitrogens with zero attached hydrogens (tertiary/aromatic N) is 1. The third kappa shape index (κ3) is 2.86. The van der Waals surface area contributed by atoms with E-state index in [1.807, 2.05) is 24.3 Å². The van der Waals surface area contributed by atoms with E-state index in [9.17, 15) is 14.9 Å². The van der Waals surface area contributed by atoms with Crippen LogP contribution in [0.15, 0.2) is 42.5 Å². The van der Waals surface area contributed by atoms with Crippen LogP contribution in [0.3, 0.4) is 0 Å². The van der Waals surface area contributed by atoms with Gasteiger partial charge in [-0.25, -0.2) is 0 Å². The van der Waals surface area contributed by atoms with Gasteiger partial charge < -0.3 is 5.32 Å². The van der Waals surface area contributed by atoms with Crippen molar-refractivity contribution in [3.8, 4) is 0 Å². The normalized spacial score (nSPS) is 20.2. The van der Waals surface area contributed by atoms with Crippen LogP contribution in [0.4, 0.5) is 0 Å². The quantitative estimate of drug-likeness (QED) is 0.675. The van der Waals surface area contributed by atoms with Gasteiger partial charge in [0, 0.05) is 17.9 Å². The standard InChI is InChI=1S/C16H16N2O3/c19-16(14-10-15(14)18(20)21)17-9-8-12-6-3-5-11-4-1-2-7-13(11)12/h1-7,14-15H,8-10H2,(H,17,19)/t14-,15-/m1/s1. The highest BCUT2D eigenvalue weighted by Crippen LogP contribution is 2.32. The van der Waals surface area contributed by atoms with E-state index >= 15 is 0 Å². The van der Waals surface area contributed by atoms with Crippen LogP contribution in [0, 0.1) is 16.0 Å². The van der Waals surface area contributed by atoms with Crippen LogP contribution in [0.1, 0.15) is 12.0 Å². The molecule has 0 bridgehead atoms. The molecule has 0 saturated heterocycles. The van der Waals surface area contributed by atoms with Gasteiger partial charge in [0.15, 0.2) is 0 Å². The smallest absolute Gasteiger partial charge is 0.230 e. The van der Waals surface area contributed by atoms with Crippen LogP contribution in [0.5, 0.6) is 0 Å².